The van der Waals surface area contributed by atoms with Gasteiger partial charge in [-0.3, -0.25) is 4.79 Å². The molecule has 0 aliphatic heterocycles. The Morgan fingerprint density at radius 1 is 1.05 bits per heavy atom. The quantitative estimate of drug-likeness (QED) is 0.804. The van der Waals surface area contributed by atoms with Crippen molar-refractivity contribution in [2.24, 2.45) is 0 Å². The highest BCUT2D eigenvalue weighted by Crippen LogP contribution is 2.35. The van der Waals surface area contributed by atoms with Gasteiger partial charge >= 0.3 is 0 Å². The first-order valence-corrected chi connectivity index (χ1v) is 6.63. The zero-order valence-electron chi connectivity index (χ0n) is 12.1. The molecule has 0 atom stereocenters. The van der Waals surface area contributed by atoms with Crippen molar-refractivity contribution in [3.63, 3.8) is 0 Å². The first-order valence-electron chi connectivity index (χ1n) is 6.63. The van der Waals surface area contributed by atoms with E-state index in [0.29, 0.717) is 11.3 Å². The van der Waals surface area contributed by atoms with Crippen LogP contribution in [0.4, 0.5) is 0 Å². The van der Waals surface area contributed by atoms with E-state index in [-0.39, 0.29) is 33.6 Å². The number of fused-ring (bicyclic) bond motifs is 1. The van der Waals surface area contributed by atoms with E-state index in [2.05, 4.69) is 0 Å². The van der Waals surface area contributed by atoms with Crippen LogP contribution in [0.25, 0.3) is 22.3 Å². The molecule has 0 aliphatic carbocycles. The summed E-state index contributed by atoms with van der Waals surface area (Å²) in [5.41, 5.74) is 0.599. The topological polar surface area (TPSA) is 68.9 Å². The van der Waals surface area contributed by atoms with Gasteiger partial charge in [0.2, 0.25) is 11.2 Å². The van der Waals surface area contributed by atoms with E-state index in [4.69, 9.17) is 13.9 Å². The normalized spacial score (nSPS) is 10.6. The van der Waals surface area contributed by atoms with E-state index in [0.717, 1.165) is 0 Å². The third-order valence-electron chi connectivity index (χ3n) is 3.36. The van der Waals surface area contributed by atoms with E-state index < -0.39 is 0 Å². The lowest BCUT2D eigenvalue weighted by Crippen LogP contribution is -2.08. The van der Waals surface area contributed by atoms with E-state index >= 15 is 0 Å². The van der Waals surface area contributed by atoms with Gasteiger partial charge in [-0.2, -0.15) is 0 Å². The largest absolute Gasteiger partial charge is 0.508 e. The van der Waals surface area contributed by atoms with Crippen LogP contribution >= 0.6 is 0 Å². The summed E-state index contributed by atoms with van der Waals surface area (Å²) < 4.78 is 16.2. The van der Waals surface area contributed by atoms with Gasteiger partial charge in [-0.15, -0.1) is 0 Å². The molecule has 0 aliphatic rings. The predicted molar refractivity (Wildman–Crippen MR) is 82.7 cm³/mol. The second kappa shape index (κ2) is 5.44. The summed E-state index contributed by atoms with van der Waals surface area (Å²) in [5, 5.41) is 9.98. The minimum atomic E-state index is -0.348. The zero-order valence-corrected chi connectivity index (χ0v) is 12.1. The molecule has 112 valence electrons. The fraction of sp³-hybridized carbons (Fsp3) is 0.118. The molecule has 0 fully saturated rings. The lowest BCUT2D eigenvalue weighted by molar-refractivity contribution is 0.394. The number of methoxy groups -OCH3 is 2. The molecular weight excluding hydrogens is 284 g/mol. The first kappa shape index (κ1) is 14.0. The van der Waals surface area contributed by atoms with Gasteiger partial charge in [0.05, 0.1) is 14.2 Å². The molecular formula is C17H14O5. The summed E-state index contributed by atoms with van der Waals surface area (Å²) in [6, 6.07) is 11.9. The summed E-state index contributed by atoms with van der Waals surface area (Å²) in [5.74, 6) is 0.606. The van der Waals surface area contributed by atoms with Crippen LogP contribution in [0.5, 0.6) is 17.2 Å². The Morgan fingerprint density at radius 3 is 2.41 bits per heavy atom. The highest BCUT2D eigenvalue weighted by molar-refractivity contribution is 5.88. The van der Waals surface area contributed by atoms with Gasteiger partial charge in [-0.1, -0.05) is 30.3 Å². The third kappa shape index (κ3) is 2.16. The molecule has 5 heteroatoms. The average Bonchev–Trinajstić information content (AvgIpc) is 2.54. The summed E-state index contributed by atoms with van der Waals surface area (Å²) in [6.07, 6.45) is 0. The Balaban J connectivity index is 2.43. The second-order valence-corrected chi connectivity index (χ2v) is 4.68. The number of aromatic hydroxyl groups is 1. The van der Waals surface area contributed by atoms with Crippen LogP contribution in [-0.2, 0) is 0 Å². The Labute approximate surface area is 126 Å². The van der Waals surface area contributed by atoms with Gasteiger partial charge in [0.25, 0.3) is 0 Å². The van der Waals surface area contributed by atoms with E-state index in [1.807, 2.05) is 30.3 Å². The maximum Gasteiger partial charge on any atom is 0.239 e. The van der Waals surface area contributed by atoms with Crippen LogP contribution in [0.15, 0.2) is 51.7 Å². The van der Waals surface area contributed by atoms with Crippen LogP contribution in [0, 0.1) is 0 Å². The molecule has 2 aromatic carbocycles. The number of benzene rings is 2. The smallest absolute Gasteiger partial charge is 0.239 e. The van der Waals surface area contributed by atoms with E-state index in [1.54, 1.807) is 0 Å². The standard InChI is InChI=1S/C17H14O5/c1-20-12-8-11(18)9-13-14(12)15(19)17(21-2)16(22-13)10-6-4-3-5-7-10/h3-9,18H,1-2H3. The molecule has 0 unspecified atom stereocenters. The van der Waals surface area contributed by atoms with Gasteiger partial charge in [-0.25, -0.2) is 0 Å². The fourth-order valence-electron chi connectivity index (χ4n) is 2.38. The number of ether oxygens (including phenoxy) is 2. The maximum atomic E-state index is 12.7. The number of phenols is 1. The Morgan fingerprint density at radius 2 is 1.77 bits per heavy atom. The molecule has 3 rings (SSSR count). The molecule has 5 nitrogen and oxygen atoms in total. The van der Waals surface area contributed by atoms with Crippen LogP contribution in [0.3, 0.4) is 0 Å². The van der Waals surface area contributed by atoms with Crippen LogP contribution < -0.4 is 14.9 Å². The lowest BCUT2D eigenvalue weighted by atomic mass is 10.1. The Bertz CT molecular complexity index is 881. The van der Waals surface area contributed by atoms with Crippen molar-refractivity contribution in [1.82, 2.24) is 0 Å². The SMILES string of the molecule is COc1c(-c2ccccc2)oc2cc(O)cc(OC)c2c1=O. The zero-order chi connectivity index (χ0) is 15.7. The van der Waals surface area contributed by atoms with Crippen molar-refractivity contribution in [2.45, 2.75) is 0 Å². The van der Waals surface area contributed by atoms with Gasteiger partial charge < -0.3 is 19.0 Å². The van der Waals surface area contributed by atoms with Crippen molar-refractivity contribution in [1.29, 1.82) is 0 Å². The Kier molecular flexibility index (Phi) is 3.47. The van der Waals surface area contributed by atoms with Gasteiger partial charge in [0, 0.05) is 17.7 Å². The van der Waals surface area contributed by atoms with Crippen molar-refractivity contribution in [3.8, 4) is 28.6 Å². The molecule has 0 bridgehead atoms. The number of hydrogen-bond donors (Lipinski definition) is 1. The third-order valence-corrected chi connectivity index (χ3v) is 3.36. The summed E-state index contributed by atoms with van der Waals surface area (Å²) >= 11 is 0. The second-order valence-electron chi connectivity index (χ2n) is 4.68. The molecule has 0 spiro atoms. The molecule has 0 saturated heterocycles. The summed E-state index contributed by atoms with van der Waals surface area (Å²) in [6.45, 7) is 0. The molecule has 1 heterocycles. The first-order chi connectivity index (χ1) is 10.7. The number of hydrogen-bond acceptors (Lipinski definition) is 5. The maximum absolute atomic E-state index is 12.7. The van der Waals surface area contributed by atoms with Crippen molar-refractivity contribution < 1.29 is 19.0 Å². The van der Waals surface area contributed by atoms with E-state index in [9.17, 15) is 9.90 Å². The highest BCUT2D eigenvalue weighted by Gasteiger charge is 2.20. The molecule has 0 saturated carbocycles. The predicted octanol–water partition coefficient (Wildman–Crippen LogP) is 3.18. The molecule has 0 radical (unpaired) electrons. The summed E-state index contributed by atoms with van der Waals surface area (Å²) in [4.78, 5) is 12.7. The minimum absolute atomic E-state index is 0.0447. The Hall–Kier alpha value is -2.95. The van der Waals surface area contributed by atoms with Crippen LogP contribution in [0.2, 0.25) is 0 Å². The molecule has 3 aromatic rings. The summed E-state index contributed by atoms with van der Waals surface area (Å²) in [7, 11) is 2.84. The van der Waals surface area contributed by atoms with E-state index in [1.165, 1.54) is 26.4 Å². The highest BCUT2D eigenvalue weighted by atomic mass is 16.5. The number of rotatable bonds is 3. The van der Waals surface area contributed by atoms with Gasteiger partial charge in [-0.05, 0) is 0 Å². The van der Waals surface area contributed by atoms with Crippen molar-refractivity contribution in [2.75, 3.05) is 14.2 Å². The monoisotopic (exact) mass is 298 g/mol. The van der Waals surface area contributed by atoms with Crippen molar-refractivity contribution in [3.05, 3.63) is 52.7 Å². The van der Waals surface area contributed by atoms with Crippen molar-refractivity contribution >= 4 is 11.0 Å². The fourth-order valence-corrected chi connectivity index (χ4v) is 2.38. The van der Waals surface area contributed by atoms with Gasteiger partial charge in [0.1, 0.15) is 22.5 Å². The van der Waals surface area contributed by atoms with Crippen LogP contribution in [0.1, 0.15) is 0 Å². The molecule has 0 amide bonds. The number of phenolic OH excluding ortho intramolecular Hbond substituents is 1. The molecule has 1 N–H and O–H groups in total. The van der Waals surface area contributed by atoms with Crippen LogP contribution in [-0.4, -0.2) is 19.3 Å². The average molecular weight is 298 g/mol. The molecule has 22 heavy (non-hydrogen) atoms. The minimum Gasteiger partial charge on any atom is -0.508 e. The lowest BCUT2D eigenvalue weighted by Gasteiger charge is -2.11. The van der Waals surface area contributed by atoms with Gasteiger partial charge in [0.15, 0.2) is 5.76 Å². The molecule has 1 aromatic heterocycles.